The van der Waals surface area contributed by atoms with Crippen LogP contribution >= 0.6 is 0 Å². The van der Waals surface area contributed by atoms with Crippen LogP contribution in [0.25, 0.3) is 5.65 Å². The van der Waals surface area contributed by atoms with Gasteiger partial charge in [0.2, 0.25) is 0 Å². The minimum atomic E-state index is -0.517. The maximum Gasteiger partial charge on any atom is 0.273 e. The van der Waals surface area contributed by atoms with Crippen molar-refractivity contribution in [3.8, 4) is 5.75 Å². The smallest absolute Gasteiger partial charge is 0.273 e. The van der Waals surface area contributed by atoms with Gasteiger partial charge in [0, 0.05) is 29.6 Å². The maximum atomic E-state index is 12.3. The number of nitro benzene ring substituents is 1. The highest BCUT2D eigenvalue weighted by Gasteiger charge is 2.18. The maximum absolute atomic E-state index is 12.3. The van der Waals surface area contributed by atoms with Crippen LogP contribution in [0.5, 0.6) is 5.75 Å². The van der Waals surface area contributed by atoms with Crippen LogP contribution in [0.15, 0.2) is 42.7 Å². The molecule has 3 rings (SSSR count). The number of pyridine rings is 1. The third kappa shape index (κ3) is 2.76. The molecule has 122 valence electrons. The SMILES string of the molecule is Cc1c(C(=O)NCc2cn3cccc(O)c3n2)cccc1[N+](=O)[O-]. The largest absolute Gasteiger partial charge is 0.504 e. The van der Waals surface area contributed by atoms with Gasteiger partial charge in [-0.2, -0.15) is 0 Å². The van der Waals surface area contributed by atoms with Crippen LogP contribution in [0.1, 0.15) is 21.6 Å². The summed E-state index contributed by atoms with van der Waals surface area (Å²) in [6, 6.07) is 7.57. The van der Waals surface area contributed by atoms with E-state index in [2.05, 4.69) is 10.3 Å². The van der Waals surface area contributed by atoms with Crippen molar-refractivity contribution in [3.63, 3.8) is 0 Å². The zero-order valence-corrected chi connectivity index (χ0v) is 12.8. The molecule has 0 fully saturated rings. The van der Waals surface area contributed by atoms with Crippen molar-refractivity contribution in [2.45, 2.75) is 13.5 Å². The highest BCUT2D eigenvalue weighted by molar-refractivity contribution is 5.96. The van der Waals surface area contributed by atoms with E-state index >= 15 is 0 Å². The molecule has 2 N–H and O–H groups in total. The Hall–Kier alpha value is -3.42. The van der Waals surface area contributed by atoms with Crippen molar-refractivity contribution >= 4 is 17.2 Å². The fraction of sp³-hybridized carbons (Fsp3) is 0.125. The Morgan fingerprint density at radius 1 is 1.38 bits per heavy atom. The number of aromatic hydroxyl groups is 1. The van der Waals surface area contributed by atoms with Crippen LogP contribution in [-0.4, -0.2) is 25.3 Å². The first kappa shape index (κ1) is 15.5. The van der Waals surface area contributed by atoms with Gasteiger partial charge in [0.25, 0.3) is 11.6 Å². The monoisotopic (exact) mass is 326 g/mol. The second-order valence-corrected chi connectivity index (χ2v) is 5.25. The van der Waals surface area contributed by atoms with Crippen molar-refractivity contribution in [1.29, 1.82) is 0 Å². The molecule has 8 nitrogen and oxygen atoms in total. The van der Waals surface area contributed by atoms with Crippen LogP contribution in [0.3, 0.4) is 0 Å². The van der Waals surface area contributed by atoms with E-state index in [-0.39, 0.29) is 23.5 Å². The Morgan fingerprint density at radius 3 is 2.88 bits per heavy atom. The Balaban J connectivity index is 1.79. The third-order valence-electron chi connectivity index (χ3n) is 3.69. The Bertz CT molecular complexity index is 948. The van der Waals surface area contributed by atoms with E-state index in [1.807, 2.05) is 0 Å². The molecular weight excluding hydrogens is 312 g/mol. The summed E-state index contributed by atoms with van der Waals surface area (Å²) in [6.07, 6.45) is 3.42. The summed E-state index contributed by atoms with van der Waals surface area (Å²) in [6.45, 7) is 1.68. The molecule has 0 spiro atoms. The van der Waals surface area contributed by atoms with Crippen LogP contribution in [0, 0.1) is 17.0 Å². The second kappa shape index (κ2) is 5.99. The van der Waals surface area contributed by atoms with Gasteiger partial charge >= 0.3 is 0 Å². The molecule has 0 bridgehead atoms. The van der Waals surface area contributed by atoms with Gasteiger partial charge in [0.05, 0.1) is 17.2 Å². The number of rotatable bonds is 4. The van der Waals surface area contributed by atoms with E-state index in [1.54, 1.807) is 22.9 Å². The van der Waals surface area contributed by atoms with E-state index < -0.39 is 10.8 Å². The molecule has 0 aliphatic rings. The van der Waals surface area contributed by atoms with Gasteiger partial charge in [-0.1, -0.05) is 6.07 Å². The summed E-state index contributed by atoms with van der Waals surface area (Å²) in [5.74, 6) is -0.373. The van der Waals surface area contributed by atoms with E-state index in [9.17, 15) is 20.0 Å². The van der Waals surface area contributed by atoms with Gasteiger partial charge in [0.1, 0.15) is 0 Å². The van der Waals surface area contributed by atoms with Crippen LogP contribution in [0.2, 0.25) is 0 Å². The number of carbonyl (C=O) groups is 1. The molecule has 0 aliphatic carbocycles. The third-order valence-corrected chi connectivity index (χ3v) is 3.69. The summed E-state index contributed by atoms with van der Waals surface area (Å²) >= 11 is 0. The normalized spacial score (nSPS) is 10.7. The molecule has 1 amide bonds. The lowest BCUT2D eigenvalue weighted by molar-refractivity contribution is -0.385. The molecular formula is C16H14N4O4. The number of aromatic nitrogens is 2. The number of nitrogens with one attached hydrogen (secondary N) is 1. The van der Waals surface area contributed by atoms with E-state index in [0.29, 0.717) is 16.9 Å². The zero-order chi connectivity index (χ0) is 17.3. The van der Waals surface area contributed by atoms with Gasteiger partial charge in [-0.15, -0.1) is 0 Å². The molecule has 0 radical (unpaired) electrons. The Labute approximate surface area is 136 Å². The van der Waals surface area contributed by atoms with E-state index in [4.69, 9.17) is 0 Å². The number of hydrogen-bond donors (Lipinski definition) is 2. The first-order valence-electron chi connectivity index (χ1n) is 7.15. The topological polar surface area (TPSA) is 110 Å². The molecule has 0 unspecified atom stereocenters. The highest BCUT2D eigenvalue weighted by Crippen LogP contribution is 2.21. The summed E-state index contributed by atoms with van der Waals surface area (Å²) < 4.78 is 1.65. The lowest BCUT2D eigenvalue weighted by Gasteiger charge is -2.06. The summed E-state index contributed by atoms with van der Waals surface area (Å²) in [5, 5.41) is 23.4. The Kier molecular flexibility index (Phi) is 3.87. The zero-order valence-electron chi connectivity index (χ0n) is 12.8. The van der Waals surface area contributed by atoms with Crippen LogP contribution in [-0.2, 0) is 6.54 Å². The number of nitro groups is 1. The van der Waals surface area contributed by atoms with Crippen LogP contribution in [0.4, 0.5) is 5.69 Å². The lowest BCUT2D eigenvalue weighted by atomic mass is 10.1. The molecule has 0 saturated heterocycles. The molecule has 24 heavy (non-hydrogen) atoms. The first-order chi connectivity index (χ1) is 11.5. The molecule has 8 heteroatoms. The minimum absolute atomic E-state index is 0.0459. The second-order valence-electron chi connectivity index (χ2n) is 5.25. The Morgan fingerprint density at radius 2 is 2.17 bits per heavy atom. The number of benzene rings is 1. The number of fused-ring (bicyclic) bond motifs is 1. The average Bonchev–Trinajstić information content (AvgIpc) is 2.97. The summed E-state index contributed by atoms with van der Waals surface area (Å²) in [5.41, 5.74) is 1.42. The predicted octanol–water partition coefficient (Wildman–Crippen LogP) is 2.19. The van der Waals surface area contributed by atoms with Gasteiger partial charge in [-0.05, 0) is 25.1 Å². The van der Waals surface area contributed by atoms with Gasteiger partial charge < -0.3 is 14.8 Å². The van der Waals surface area contributed by atoms with Crippen molar-refractivity contribution in [1.82, 2.24) is 14.7 Å². The molecule has 3 aromatic rings. The molecule has 0 atom stereocenters. The van der Waals surface area contributed by atoms with E-state index in [1.165, 1.54) is 31.2 Å². The van der Waals surface area contributed by atoms with Gasteiger partial charge in [-0.25, -0.2) is 4.98 Å². The van der Waals surface area contributed by atoms with E-state index in [0.717, 1.165) is 0 Å². The average molecular weight is 326 g/mol. The van der Waals surface area contributed by atoms with Crippen molar-refractivity contribution in [2.24, 2.45) is 0 Å². The number of amides is 1. The van der Waals surface area contributed by atoms with Crippen molar-refractivity contribution < 1.29 is 14.8 Å². The fourth-order valence-corrected chi connectivity index (χ4v) is 2.47. The quantitative estimate of drug-likeness (QED) is 0.564. The summed E-state index contributed by atoms with van der Waals surface area (Å²) in [4.78, 5) is 26.9. The number of carbonyl (C=O) groups excluding carboxylic acids is 1. The van der Waals surface area contributed by atoms with Crippen molar-refractivity contribution in [2.75, 3.05) is 0 Å². The molecule has 2 heterocycles. The summed E-state index contributed by atoms with van der Waals surface area (Å²) in [7, 11) is 0. The molecule has 0 aliphatic heterocycles. The lowest BCUT2D eigenvalue weighted by Crippen LogP contribution is -2.24. The fourth-order valence-electron chi connectivity index (χ4n) is 2.47. The predicted molar refractivity (Wildman–Crippen MR) is 85.9 cm³/mol. The highest BCUT2D eigenvalue weighted by atomic mass is 16.6. The standard InChI is InChI=1S/C16H14N4O4/c1-10-12(4-2-5-13(10)20(23)24)16(22)17-8-11-9-19-7-3-6-14(21)15(19)18-11/h2-7,9,21H,8H2,1H3,(H,17,22). The van der Waals surface area contributed by atoms with Crippen LogP contribution < -0.4 is 5.32 Å². The molecule has 0 saturated carbocycles. The van der Waals surface area contributed by atoms with Gasteiger partial charge in [-0.3, -0.25) is 14.9 Å². The number of nitrogens with zero attached hydrogens (tertiary/aromatic N) is 3. The molecule has 2 aromatic heterocycles. The van der Waals surface area contributed by atoms with Crippen molar-refractivity contribution in [3.05, 3.63) is 69.7 Å². The molecule has 1 aromatic carbocycles. The minimum Gasteiger partial charge on any atom is -0.504 e. The van der Waals surface area contributed by atoms with Gasteiger partial charge in [0.15, 0.2) is 11.4 Å². The number of imidazole rings is 1. The first-order valence-corrected chi connectivity index (χ1v) is 7.15. The number of hydrogen-bond acceptors (Lipinski definition) is 5.